The van der Waals surface area contributed by atoms with Gasteiger partial charge in [0.1, 0.15) is 0 Å². The standard InChI is InChI=1S/C12H12N2O2S/c1-9-7-8-13-12(14-9)10-3-5-11(6-4-10)17(2,15)16/h3-8H,1-2H3. The van der Waals surface area contributed by atoms with Crippen LogP contribution in [-0.4, -0.2) is 24.6 Å². The highest BCUT2D eigenvalue weighted by atomic mass is 32.2. The third kappa shape index (κ3) is 2.68. The molecule has 0 amide bonds. The number of hydrogen-bond acceptors (Lipinski definition) is 4. The van der Waals surface area contributed by atoms with E-state index in [0.29, 0.717) is 10.7 Å². The molecule has 0 saturated heterocycles. The summed E-state index contributed by atoms with van der Waals surface area (Å²) < 4.78 is 22.6. The predicted octanol–water partition coefficient (Wildman–Crippen LogP) is 1.86. The monoisotopic (exact) mass is 248 g/mol. The molecule has 0 unspecified atom stereocenters. The van der Waals surface area contributed by atoms with Gasteiger partial charge in [-0.1, -0.05) is 0 Å². The highest BCUT2D eigenvalue weighted by molar-refractivity contribution is 7.90. The normalized spacial score (nSPS) is 11.4. The number of nitrogens with zero attached hydrogens (tertiary/aromatic N) is 2. The van der Waals surface area contributed by atoms with Crippen LogP contribution in [0.25, 0.3) is 11.4 Å². The lowest BCUT2D eigenvalue weighted by molar-refractivity contribution is 0.602. The quantitative estimate of drug-likeness (QED) is 0.813. The maximum Gasteiger partial charge on any atom is 0.175 e. The first-order valence-electron chi connectivity index (χ1n) is 5.07. The molecule has 17 heavy (non-hydrogen) atoms. The average Bonchev–Trinajstić information content (AvgIpc) is 2.28. The van der Waals surface area contributed by atoms with Gasteiger partial charge in [-0.25, -0.2) is 18.4 Å². The van der Waals surface area contributed by atoms with Crippen LogP contribution in [0, 0.1) is 6.92 Å². The summed E-state index contributed by atoms with van der Waals surface area (Å²) in [7, 11) is -3.15. The molecule has 5 heteroatoms. The largest absolute Gasteiger partial charge is 0.237 e. The smallest absolute Gasteiger partial charge is 0.175 e. The Balaban J connectivity index is 2.43. The van der Waals surface area contributed by atoms with Crippen LogP contribution in [0.3, 0.4) is 0 Å². The van der Waals surface area contributed by atoms with Crippen molar-refractivity contribution < 1.29 is 8.42 Å². The number of sulfone groups is 1. The highest BCUT2D eigenvalue weighted by Gasteiger charge is 2.07. The minimum atomic E-state index is -3.15. The van der Waals surface area contributed by atoms with Gasteiger partial charge < -0.3 is 0 Å². The third-order valence-corrected chi connectivity index (χ3v) is 3.46. The Bertz CT molecular complexity index is 634. The highest BCUT2D eigenvalue weighted by Crippen LogP contribution is 2.17. The zero-order chi connectivity index (χ0) is 12.5. The van der Waals surface area contributed by atoms with E-state index in [1.165, 1.54) is 6.26 Å². The van der Waals surface area contributed by atoms with Crippen molar-refractivity contribution >= 4 is 9.84 Å². The maximum atomic E-state index is 11.3. The first-order chi connectivity index (χ1) is 7.97. The van der Waals surface area contributed by atoms with E-state index in [-0.39, 0.29) is 0 Å². The van der Waals surface area contributed by atoms with Crippen molar-refractivity contribution in [2.24, 2.45) is 0 Å². The predicted molar refractivity (Wildman–Crippen MR) is 65.3 cm³/mol. The van der Waals surface area contributed by atoms with Crippen LogP contribution < -0.4 is 0 Å². The van der Waals surface area contributed by atoms with Crippen molar-refractivity contribution in [1.82, 2.24) is 9.97 Å². The van der Waals surface area contributed by atoms with Gasteiger partial charge in [0.2, 0.25) is 0 Å². The summed E-state index contributed by atoms with van der Waals surface area (Å²) in [6.07, 6.45) is 2.87. The molecule has 0 fully saturated rings. The van der Waals surface area contributed by atoms with Gasteiger partial charge in [0.05, 0.1) is 4.90 Å². The Morgan fingerprint density at radius 2 is 1.71 bits per heavy atom. The van der Waals surface area contributed by atoms with Crippen molar-refractivity contribution in [2.45, 2.75) is 11.8 Å². The molecule has 88 valence electrons. The summed E-state index contributed by atoms with van der Waals surface area (Å²) in [5.74, 6) is 0.602. The van der Waals surface area contributed by atoms with Gasteiger partial charge in [0.15, 0.2) is 15.7 Å². The second kappa shape index (κ2) is 4.25. The third-order valence-electron chi connectivity index (χ3n) is 2.34. The van der Waals surface area contributed by atoms with Crippen molar-refractivity contribution in [3.8, 4) is 11.4 Å². The molecule has 0 atom stereocenters. The molecule has 1 aromatic heterocycles. The molecule has 0 aliphatic rings. The molecule has 0 radical (unpaired) electrons. The first-order valence-corrected chi connectivity index (χ1v) is 6.96. The Kier molecular flexibility index (Phi) is 2.93. The summed E-state index contributed by atoms with van der Waals surface area (Å²) in [5, 5.41) is 0. The molecule has 0 saturated carbocycles. The summed E-state index contributed by atoms with van der Waals surface area (Å²) in [6, 6.07) is 8.37. The van der Waals surface area contributed by atoms with Gasteiger partial charge in [-0.3, -0.25) is 0 Å². The molecule has 4 nitrogen and oxygen atoms in total. The summed E-state index contributed by atoms with van der Waals surface area (Å²) >= 11 is 0. The number of benzene rings is 1. The number of hydrogen-bond donors (Lipinski definition) is 0. The van der Waals surface area contributed by atoms with Crippen molar-refractivity contribution in [3.05, 3.63) is 42.2 Å². The van der Waals surface area contributed by atoms with Gasteiger partial charge in [0.25, 0.3) is 0 Å². The van der Waals surface area contributed by atoms with E-state index in [0.717, 1.165) is 11.3 Å². The lowest BCUT2D eigenvalue weighted by Crippen LogP contribution is -1.97. The van der Waals surface area contributed by atoms with Crippen LogP contribution in [0.5, 0.6) is 0 Å². The van der Waals surface area contributed by atoms with Crippen LogP contribution in [0.15, 0.2) is 41.4 Å². The lowest BCUT2D eigenvalue weighted by Gasteiger charge is -2.02. The topological polar surface area (TPSA) is 59.9 Å². The summed E-state index contributed by atoms with van der Waals surface area (Å²) in [4.78, 5) is 8.72. The van der Waals surface area contributed by atoms with Crippen LogP contribution in [0.2, 0.25) is 0 Å². The van der Waals surface area contributed by atoms with E-state index in [1.54, 1.807) is 30.5 Å². The second-order valence-corrected chi connectivity index (χ2v) is 5.83. The number of aromatic nitrogens is 2. The van der Waals surface area contributed by atoms with E-state index < -0.39 is 9.84 Å². The second-order valence-electron chi connectivity index (χ2n) is 3.82. The van der Waals surface area contributed by atoms with E-state index in [2.05, 4.69) is 9.97 Å². The summed E-state index contributed by atoms with van der Waals surface area (Å²) in [5.41, 5.74) is 1.68. The zero-order valence-corrected chi connectivity index (χ0v) is 10.4. The lowest BCUT2D eigenvalue weighted by atomic mass is 10.2. The van der Waals surface area contributed by atoms with Crippen LogP contribution >= 0.6 is 0 Å². The summed E-state index contributed by atoms with van der Waals surface area (Å²) in [6.45, 7) is 1.88. The van der Waals surface area contributed by atoms with Crippen molar-refractivity contribution in [2.75, 3.05) is 6.26 Å². The molecule has 2 rings (SSSR count). The Morgan fingerprint density at radius 3 is 2.24 bits per heavy atom. The van der Waals surface area contributed by atoms with E-state index in [9.17, 15) is 8.42 Å². The van der Waals surface area contributed by atoms with E-state index in [4.69, 9.17) is 0 Å². The molecular formula is C12H12N2O2S. The maximum absolute atomic E-state index is 11.3. The molecule has 1 heterocycles. The van der Waals surface area contributed by atoms with Gasteiger partial charge >= 0.3 is 0 Å². The Labute approximate surface area is 100 Å². The molecule has 1 aromatic carbocycles. The fraction of sp³-hybridized carbons (Fsp3) is 0.167. The first kappa shape index (κ1) is 11.7. The molecule has 0 spiro atoms. The molecular weight excluding hydrogens is 236 g/mol. The van der Waals surface area contributed by atoms with Crippen LogP contribution in [0.4, 0.5) is 0 Å². The van der Waals surface area contributed by atoms with E-state index >= 15 is 0 Å². The zero-order valence-electron chi connectivity index (χ0n) is 9.58. The fourth-order valence-electron chi connectivity index (χ4n) is 1.44. The SMILES string of the molecule is Cc1ccnc(-c2ccc(S(C)(=O)=O)cc2)n1. The van der Waals surface area contributed by atoms with Gasteiger partial charge in [-0.05, 0) is 37.3 Å². The number of aryl methyl sites for hydroxylation is 1. The van der Waals surface area contributed by atoms with Gasteiger partial charge in [-0.2, -0.15) is 0 Å². The minimum absolute atomic E-state index is 0.300. The Morgan fingerprint density at radius 1 is 1.06 bits per heavy atom. The average molecular weight is 248 g/mol. The van der Waals surface area contributed by atoms with Gasteiger partial charge in [-0.15, -0.1) is 0 Å². The molecule has 0 N–H and O–H groups in total. The van der Waals surface area contributed by atoms with Crippen LogP contribution in [-0.2, 0) is 9.84 Å². The Hall–Kier alpha value is -1.75. The van der Waals surface area contributed by atoms with Gasteiger partial charge in [0, 0.05) is 23.7 Å². The van der Waals surface area contributed by atoms with E-state index in [1.807, 2.05) is 13.0 Å². The minimum Gasteiger partial charge on any atom is -0.237 e. The molecule has 0 bridgehead atoms. The molecule has 2 aromatic rings. The van der Waals surface area contributed by atoms with Crippen molar-refractivity contribution in [3.63, 3.8) is 0 Å². The number of rotatable bonds is 2. The van der Waals surface area contributed by atoms with Crippen molar-refractivity contribution in [1.29, 1.82) is 0 Å². The van der Waals surface area contributed by atoms with Crippen LogP contribution in [0.1, 0.15) is 5.69 Å². The molecule has 0 aliphatic heterocycles. The fourth-order valence-corrected chi connectivity index (χ4v) is 2.07. The molecule has 0 aliphatic carbocycles.